The lowest BCUT2D eigenvalue weighted by Crippen LogP contribution is -2.22. The Morgan fingerprint density at radius 2 is 1.86 bits per heavy atom. The number of benzene rings is 1. The Bertz CT molecular complexity index is 642. The van der Waals surface area contributed by atoms with Gasteiger partial charge in [-0.15, -0.1) is 11.3 Å². The molecule has 0 radical (unpaired) electrons. The van der Waals surface area contributed by atoms with E-state index >= 15 is 0 Å². The summed E-state index contributed by atoms with van der Waals surface area (Å²) in [5.41, 5.74) is 0.558. The molecule has 0 aliphatic carbocycles. The van der Waals surface area contributed by atoms with Gasteiger partial charge < -0.3 is 14.8 Å². The van der Waals surface area contributed by atoms with Crippen LogP contribution in [0.4, 0.5) is 0 Å². The number of halogens is 1. The first kappa shape index (κ1) is 16.8. The van der Waals surface area contributed by atoms with Gasteiger partial charge in [-0.3, -0.25) is 4.79 Å². The molecule has 1 aromatic carbocycles. The van der Waals surface area contributed by atoms with Gasteiger partial charge in [0.15, 0.2) is 11.5 Å². The van der Waals surface area contributed by atoms with Crippen molar-refractivity contribution < 1.29 is 14.3 Å². The van der Waals surface area contributed by atoms with E-state index in [9.17, 15) is 4.79 Å². The van der Waals surface area contributed by atoms with Crippen LogP contribution in [0.25, 0.3) is 0 Å². The number of amides is 1. The van der Waals surface area contributed by atoms with Crippen LogP contribution in [0.3, 0.4) is 0 Å². The largest absolute Gasteiger partial charge is 0.490 e. The Morgan fingerprint density at radius 1 is 1.14 bits per heavy atom. The quantitative estimate of drug-likeness (QED) is 0.777. The summed E-state index contributed by atoms with van der Waals surface area (Å²) in [5.74, 6) is 1.12. The molecule has 0 saturated carbocycles. The van der Waals surface area contributed by atoms with E-state index < -0.39 is 0 Å². The minimum atomic E-state index is -0.131. The van der Waals surface area contributed by atoms with Crippen LogP contribution in [0.1, 0.15) is 29.1 Å². The van der Waals surface area contributed by atoms with Crippen molar-refractivity contribution >= 4 is 33.2 Å². The predicted octanol–water partition coefficient (Wildman–Crippen LogP) is 4.24. The summed E-state index contributed by atoms with van der Waals surface area (Å²) in [6.07, 6.45) is 0. The molecule has 0 saturated heterocycles. The second kappa shape index (κ2) is 8.19. The highest BCUT2D eigenvalue weighted by Crippen LogP contribution is 2.28. The van der Waals surface area contributed by atoms with Gasteiger partial charge in [0.05, 0.1) is 23.5 Å². The minimum Gasteiger partial charge on any atom is -0.490 e. The Balaban J connectivity index is 2.06. The summed E-state index contributed by atoms with van der Waals surface area (Å²) in [7, 11) is 0. The maximum absolute atomic E-state index is 12.2. The third-order valence-corrected chi connectivity index (χ3v) is 4.48. The van der Waals surface area contributed by atoms with Gasteiger partial charge in [-0.1, -0.05) is 0 Å². The molecule has 0 atom stereocenters. The Morgan fingerprint density at radius 3 is 2.50 bits per heavy atom. The lowest BCUT2D eigenvalue weighted by Gasteiger charge is -2.12. The van der Waals surface area contributed by atoms with E-state index in [2.05, 4.69) is 21.2 Å². The molecule has 1 heterocycles. The monoisotopic (exact) mass is 383 g/mol. The molecule has 6 heteroatoms. The van der Waals surface area contributed by atoms with Gasteiger partial charge >= 0.3 is 0 Å². The van der Waals surface area contributed by atoms with Gasteiger partial charge in [-0.2, -0.15) is 0 Å². The highest BCUT2D eigenvalue weighted by Gasteiger charge is 2.11. The zero-order chi connectivity index (χ0) is 15.9. The van der Waals surface area contributed by atoms with E-state index in [1.807, 2.05) is 26.0 Å². The van der Waals surface area contributed by atoms with Gasteiger partial charge in [0.25, 0.3) is 5.91 Å². The molecule has 0 aliphatic heterocycles. The fraction of sp³-hybridized carbons (Fsp3) is 0.312. The number of hydrogen-bond acceptors (Lipinski definition) is 4. The molecule has 0 unspecified atom stereocenters. The van der Waals surface area contributed by atoms with E-state index in [0.29, 0.717) is 36.8 Å². The zero-order valence-electron chi connectivity index (χ0n) is 12.5. The van der Waals surface area contributed by atoms with E-state index in [4.69, 9.17) is 9.47 Å². The molecule has 2 rings (SSSR count). The summed E-state index contributed by atoms with van der Waals surface area (Å²) < 4.78 is 12.1. The normalized spacial score (nSPS) is 10.3. The summed E-state index contributed by atoms with van der Waals surface area (Å²) in [5, 5.41) is 2.90. The fourth-order valence-corrected chi connectivity index (χ4v) is 3.33. The maximum atomic E-state index is 12.2. The summed E-state index contributed by atoms with van der Waals surface area (Å²) >= 11 is 5.01. The van der Waals surface area contributed by atoms with E-state index in [1.165, 1.54) is 0 Å². The summed E-state index contributed by atoms with van der Waals surface area (Å²) in [4.78, 5) is 13.3. The summed E-state index contributed by atoms with van der Waals surface area (Å²) in [6.45, 7) is 5.39. The smallest absolute Gasteiger partial charge is 0.251 e. The van der Waals surface area contributed by atoms with E-state index in [-0.39, 0.29) is 5.91 Å². The van der Waals surface area contributed by atoms with Crippen LogP contribution in [-0.2, 0) is 6.54 Å². The number of rotatable bonds is 7. The average Bonchev–Trinajstić information content (AvgIpc) is 2.92. The van der Waals surface area contributed by atoms with Crippen molar-refractivity contribution in [1.82, 2.24) is 5.32 Å². The van der Waals surface area contributed by atoms with Crippen LogP contribution < -0.4 is 14.8 Å². The van der Waals surface area contributed by atoms with Crippen molar-refractivity contribution in [1.29, 1.82) is 0 Å². The zero-order valence-corrected chi connectivity index (χ0v) is 14.9. The van der Waals surface area contributed by atoms with E-state index in [1.54, 1.807) is 29.5 Å². The number of ether oxygens (including phenoxy) is 2. The molecule has 1 amide bonds. The maximum Gasteiger partial charge on any atom is 0.251 e. The number of thiophene rings is 1. The van der Waals surface area contributed by atoms with Crippen molar-refractivity contribution in [2.24, 2.45) is 0 Å². The molecule has 4 nitrogen and oxygen atoms in total. The van der Waals surface area contributed by atoms with Crippen LogP contribution >= 0.6 is 27.3 Å². The Hall–Kier alpha value is -1.53. The fourth-order valence-electron chi connectivity index (χ4n) is 1.91. The van der Waals surface area contributed by atoms with Crippen molar-refractivity contribution in [2.75, 3.05) is 13.2 Å². The minimum absolute atomic E-state index is 0.131. The third kappa shape index (κ3) is 4.48. The second-order valence-electron chi connectivity index (χ2n) is 4.42. The van der Waals surface area contributed by atoms with Gasteiger partial charge in [-0.05, 0) is 60.1 Å². The van der Waals surface area contributed by atoms with Crippen molar-refractivity contribution in [2.45, 2.75) is 20.4 Å². The topological polar surface area (TPSA) is 47.6 Å². The number of carbonyl (C=O) groups excluding carboxylic acids is 1. The van der Waals surface area contributed by atoms with Crippen LogP contribution in [0.2, 0.25) is 0 Å². The van der Waals surface area contributed by atoms with Crippen LogP contribution in [0.5, 0.6) is 11.5 Å². The van der Waals surface area contributed by atoms with E-state index in [0.717, 1.165) is 8.66 Å². The van der Waals surface area contributed by atoms with Gasteiger partial charge in [0, 0.05) is 10.4 Å². The molecule has 0 fully saturated rings. The number of nitrogens with one attached hydrogen (secondary N) is 1. The van der Waals surface area contributed by atoms with Crippen molar-refractivity contribution in [3.8, 4) is 11.5 Å². The first-order chi connectivity index (χ1) is 10.6. The first-order valence-corrected chi connectivity index (χ1v) is 8.67. The van der Waals surface area contributed by atoms with Crippen LogP contribution in [0, 0.1) is 0 Å². The molecule has 1 aromatic heterocycles. The lowest BCUT2D eigenvalue weighted by molar-refractivity contribution is 0.0950. The SMILES string of the molecule is CCOc1ccc(C(=O)NCc2ccc(Br)s2)cc1OCC. The molecule has 2 aromatic rings. The van der Waals surface area contributed by atoms with Crippen LogP contribution in [-0.4, -0.2) is 19.1 Å². The van der Waals surface area contributed by atoms with Crippen LogP contribution in [0.15, 0.2) is 34.1 Å². The first-order valence-electron chi connectivity index (χ1n) is 7.06. The van der Waals surface area contributed by atoms with Gasteiger partial charge in [0.1, 0.15) is 0 Å². The molecule has 118 valence electrons. The standard InChI is InChI=1S/C16H18BrNO3S/c1-3-20-13-7-5-11(9-14(13)21-4-2)16(19)18-10-12-6-8-15(17)22-12/h5-9H,3-4,10H2,1-2H3,(H,18,19). The molecule has 22 heavy (non-hydrogen) atoms. The average molecular weight is 384 g/mol. The molecule has 0 aliphatic rings. The van der Waals surface area contributed by atoms with Crippen molar-refractivity contribution in [3.05, 3.63) is 44.6 Å². The van der Waals surface area contributed by atoms with Gasteiger partial charge in [-0.25, -0.2) is 0 Å². The lowest BCUT2D eigenvalue weighted by atomic mass is 10.2. The third-order valence-electron chi connectivity index (χ3n) is 2.86. The molecular weight excluding hydrogens is 366 g/mol. The highest BCUT2D eigenvalue weighted by molar-refractivity contribution is 9.11. The highest BCUT2D eigenvalue weighted by atomic mass is 79.9. The Kier molecular flexibility index (Phi) is 6.27. The number of carbonyl (C=O) groups is 1. The molecule has 0 spiro atoms. The second-order valence-corrected chi connectivity index (χ2v) is 6.96. The van der Waals surface area contributed by atoms with Gasteiger partial charge in [0.2, 0.25) is 0 Å². The van der Waals surface area contributed by atoms with Crippen molar-refractivity contribution in [3.63, 3.8) is 0 Å². The molecule has 0 bridgehead atoms. The Labute approximate surface area is 142 Å². The molecule has 1 N–H and O–H groups in total. The number of hydrogen-bond donors (Lipinski definition) is 1. The summed E-state index contributed by atoms with van der Waals surface area (Å²) in [6, 6.07) is 9.18. The predicted molar refractivity (Wildman–Crippen MR) is 92.0 cm³/mol. The molecular formula is C16H18BrNO3S.